The van der Waals surface area contributed by atoms with E-state index in [2.05, 4.69) is 5.32 Å². The summed E-state index contributed by atoms with van der Waals surface area (Å²) in [6, 6.07) is 0.0931. The number of aliphatic hydroxyl groups excluding tert-OH is 1. The predicted molar refractivity (Wildman–Crippen MR) is 63.9 cm³/mol. The third kappa shape index (κ3) is 5.47. The normalized spacial score (nSPS) is 27.4. The average molecular weight is 228 g/mol. The Morgan fingerprint density at radius 2 is 2.06 bits per heavy atom. The highest BCUT2D eigenvalue weighted by Gasteiger charge is 2.19. The molecule has 1 atom stereocenters. The van der Waals surface area contributed by atoms with Crippen molar-refractivity contribution in [3.05, 3.63) is 0 Å². The highest BCUT2D eigenvalue weighted by Crippen LogP contribution is 2.23. The summed E-state index contributed by atoms with van der Waals surface area (Å²) in [5.74, 6) is 0.645. The van der Waals surface area contributed by atoms with E-state index in [1.165, 1.54) is 0 Å². The van der Waals surface area contributed by atoms with Crippen LogP contribution in [0.25, 0.3) is 0 Å². The molecule has 0 heterocycles. The number of nitrogens with one attached hydrogen (secondary N) is 1. The first kappa shape index (κ1) is 13.5. The maximum atomic E-state index is 11.4. The second kappa shape index (κ2) is 6.86. The van der Waals surface area contributed by atoms with Crippen molar-refractivity contribution < 1.29 is 9.90 Å². The zero-order valence-electron chi connectivity index (χ0n) is 10.1. The van der Waals surface area contributed by atoms with Gasteiger partial charge in [0.2, 0.25) is 5.91 Å². The summed E-state index contributed by atoms with van der Waals surface area (Å²) >= 11 is 0. The molecular formula is C12H24N2O2. The first-order chi connectivity index (χ1) is 7.58. The van der Waals surface area contributed by atoms with Crippen molar-refractivity contribution in [2.45, 2.75) is 57.6 Å². The van der Waals surface area contributed by atoms with Gasteiger partial charge in [0.05, 0.1) is 6.10 Å². The van der Waals surface area contributed by atoms with Crippen molar-refractivity contribution in [1.29, 1.82) is 0 Å². The molecular weight excluding hydrogens is 204 g/mol. The SMILES string of the molecule is CC(N)CCC(=O)NCC1CCC(O)CC1. The topological polar surface area (TPSA) is 75.4 Å². The third-order valence-corrected chi connectivity index (χ3v) is 3.23. The molecule has 0 spiro atoms. The summed E-state index contributed by atoms with van der Waals surface area (Å²) in [5.41, 5.74) is 5.59. The number of rotatable bonds is 5. The molecule has 4 nitrogen and oxygen atoms in total. The quantitative estimate of drug-likeness (QED) is 0.651. The molecule has 16 heavy (non-hydrogen) atoms. The standard InChI is InChI=1S/C12H24N2O2/c1-9(13)2-7-12(16)14-8-10-3-5-11(15)6-4-10/h9-11,15H,2-8,13H2,1H3,(H,14,16). The molecule has 1 amide bonds. The molecule has 94 valence electrons. The molecule has 0 aromatic rings. The van der Waals surface area contributed by atoms with E-state index >= 15 is 0 Å². The molecule has 0 bridgehead atoms. The third-order valence-electron chi connectivity index (χ3n) is 3.23. The van der Waals surface area contributed by atoms with Crippen molar-refractivity contribution in [2.24, 2.45) is 11.7 Å². The summed E-state index contributed by atoms with van der Waals surface area (Å²) in [7, 11) is 0. The molecule has 4 N–H and O–H groups in total. The van der Waals surface area contributed by atoms with E-state index < -0.39 is 0 Å². The van der Waals surface area contributed by atoms with Gasteiger partial charge in [0, 0.05) is 19.0 Å². The van der Waals surface area contributed by atoms with Crippen LogP contribution in [0.1, 0.15) is 45.4 Å². The zero-order chi connectivity index (χ0) is 12.0. The second-order valence-corrected chi connectivity index (χ2v) is 4.99. The maximum absolute atomic E-state index is 11.4. The molecule has 4 heteroatoms. The van der Waals surface area contributed by atoms with Crippen molar-refractivity contribution in [3.8, 4) is 0 Å². The molecule has 1 fully saturated rings. The summed E-state index contributed by atoms with van der Waals surface area (Å²) in [6.45, 7) is 2.67. The van der Waals surface area contributed by atoms with E-state index in [1.54, 1.807) is 0 Å². The lowest BCUT2D eigenvalue weighted by Gasteiger charge is -2.25. The van der Waals surface area contributed by atoms with Crippen LogP contribution in [0.2, 0.25) is 0 Å². The van der Waals surface area contributed by atoms with E-state index in [0.717, 1.165) is 38.6 Å². The Morgan fingerprint density at radius 1 is 1.44 bits per heavy atom. The minimum Gasteiger partial charge on any atom is -0.393 e. The Kier molecular flexibility index (Phi) is 5.77. The second-order valence-electron chi connectivity index (χ2n) is 4.99. The zero-order valence-corrected chi connectivity index (χ0v) is 10.1. The Bertz CT molecular complexity index is 211. The molecule has 1 unspecified atom stereocenters. The van der Waals surface area contributed by atoms with Crippen LogP contribution in [0.3, 0.4) is 0 Å². The van der Waals surface area contributed by atoms with E-state index in [4.69, 9.17) is 5.73 Å². The number of amides is 1. The summed E-state index contributed by atoms with van der Waals surface area (Å²) in [5, 5.41) is 12.3. The van der Waals surface area contributed by atoms with E-state index in [0.29, 0.717) is 12.3 Å². The lowest BCUT2D eigenvalue weighted by Crippen LogP contribution is -2.32. The van der Waals surface area contributed by atoms with Crippen LogP contribution in [-0.4, -0.2) is 29.7 Å². The van der Waals surface area contributed by atoms with Gasteiger partial charge in [-0.15, -0.1) is 0 Å². The minimum atomic E-state index is -0.120. The van der Waals surface area contributed by atoms with Gasteiger partial charge in [0.15, 0.2) is 0 Å². The molecule has 0 aromatic heterocycles. The van der Waals surface area contributed by atoms with Crippen LogP contribution in [0, 0.1) is 5.92 Å². The number of carbonyl (C=O) groups is 1. The van der Waals surface area contributed by atoms with Gasteiger partial charge in [0.25, 0.3) is 0 Å². The van der Waals surface area contributed by atoms with Crippen molar-refractivity contribution in [2.75, 3.05) is 6.54 Å². The van der Waals surface area contributed by atoms with Gasteiger partial charge < -0.3 is 16.2 Å². The highest BCUT2D eigenvalue weighted by atomic mass is 16.3. The van der Waals surface area contributed by atoms with Crippen molar-refractivity contribution in [1.82, 2.24) is 5.32 Å². The van der Waals surface area contributed by atoms with Gasteiger partial charge in [-0.25, -0.2) is 0 Å². The Labute approximate surface area is 97.6 Å². The minimum absolute atomic E-state index is 0.0931. The van der Waals surface area contributed by atoms with Gasteiger partial charge in [-0.05, 0) is 44.9 Å². The first-order valence-corrected chi connectivity index (χ1v) is 6.28. The van der Waals surface area contributed by atoms with Gasteiger partial charge in [-0.1, -0.05) is 0 Å². The van der Waals surface area contributed by atoms with Gasteiger partial charge in [-0.2, -0.15) is 0 Å². The molecule has 1 aliphatic rings. The fourth-order valence-corrected chi connectivity index (χ4v) is 2.05. The average Bonchev–Trinajstić information content (AvgIpc) is 2.25. The van der Waals surface area contributed by atoms with Crippen molar-refractivity contribution >= 4 is 5.91 Å². The Morgan fingerprint density at radius 3 is 2.62 bits per heavy atom. The number of carbonyl (C=O) groups excluding carboxylic acids is 1. The molecule has 1 saturated carbocycles. The van der Waals surface area contributed by atoms with Gasteiger partial charge >= 0.3 is 0 Å². The smallest absolute Gasteiger partial charge is 0.220 e. The monoisotopic (exact) mass is 228 g/mol. The fraction of sp³-hybridized carbons (Fsp3) is 0.917. The molecule has 1 aliphatic carbocycles. The maximum Gasteiger partial charge on any atom is 0.220 e. The first-order valence-electron chi connectivity index (χ1n) is 6.28. The van der Waals surface area contributed by atoms with Crippen LogP contribution >= 0.6 is 0 Å². The summed E-state index contributed by atoms with van der Waals surface area (Å²) in [6.07, 6.45) is 4.94. The van der Waals surface area contributed by atoms with Crippen LogP contribution in [0.4, 0.5) is 0 Å². The number of hydrogen-bond acceptors (Lipinski definition) is 3. The molecule has 0 aromatic carbocycles. The van der Waals surface area contributed by atoms with E-state index in [9.17, 15) is 9.90 Å². The predicted octanol–water partition coefficient (Wildman–Crippen LogP) is 0.781. The van der Waals surface area contributed by atoms with Crippen LogP contribution in [0.15, 0.2) is 0 Å². The number of hydrogen-bond donors (Lipinski definition) is 3. The van der Waals surface area contributed by atoms with Crippen LogP contribution in [0.5, 0.6) is 0 Å². The Balaban J connectivity index is 2.07. The van der Waals surface area contributed by atoms with E-state index in [-0.39, 0.29) is 18.1 Å². The molecule has 0 saturated heterocycles. The largest absolute Gasteiger partial charge is 0.393 e. The fourth-order valence-electron chi connectivity index (χ4n) is 2.05. The van der Waals surface area contributed by atoms with Gasteiger partial charge in [-0.3, -0.25) is 4.79 Å². The molecule has 0 radical (unpaired) electrons. The Hall–Kier alpha value is -0.610. The van der Waals surface area contributed by atoms with Crippen LogP contribution in [-0.2, 0) is 4.79 Å². The van der Waals surface area contributed by atoms with Crippen LogP contribution < -0.4 is 11.1 Å². The number of nitrogens with two attached hydrogens (primary N) is 1. The highest BCUT2D eigenvalue weighted by molar-refractivity contribution is 5.75. The van der Waals surface area contributed by atoms with Gasteiger partial charge in [0.1, 0.15) is 0 Å². The molecule has 0 aliphatic heterocycles. The molecule has 1 rings (SSSR count). The lowest BCUT2D eigenvalue weighted by atomic mass is 9.87. The van der Waals surface area contributed by atoms with Crippen molar-refractivity contribution in [3.63, 3.8) is 0 Å². The number of aliphatic hydroxyl groups is 1. The summed E-state index contributed by atoms with van der Waals surface area (Å²) in [4.78, 5) is 11.4. The van der Waals surface area contributed by atoms with E-state index in [1.807, 2.05) is 6.92 Å². The summed E-state index contributed by atoms with van der Waals surface area (Å²) < 4.78 is 0. The lowest BCUT2D eigenvalue weighted by molar-refractivity contribution is -0.121.